The number of aliphatic hydroxyl groups excluding tert-OH is 2. The first-order chi connectivity index (χ1) is 18.7. The molecule has 0 saturated heterocycles. The number of rotatable bonds is 3. The molecule has 39 heavy (non-hydrogen) atoms. The lowest BCUT2D eigenvalue weighted by atomic mass is 9.78. The summed E-state index contributed by atoms with van der Waals surface area (Å²) in [5.74, 6) is -0.828. The van der Waals surface area contributed by atoms with Crippen LogP contribution < -0.4 is 9.47 Å². The Kier molecular flexibility index (Phi) is 5.90. The van der Waals surface area contributed by atoms with Crippen molar-refractivity contribution in [3.8, 4) is 40.2 Å². The number of ether oxygens (including phenoxy) is 2. The monoisotopic (exact) mass is 530 g/mol. The highest BCUT2D eigenvalue weighted by molar-refractivity contribution is 5.56. The van der Waals surface area contributed by atoms with E-state index in [1.807, 2.05) is 0 Å². The van der Waals surface area contributed by atoms with Crippen LogP contribution in [0, 0.1) is 0 Å². The molecule has 0 saturated carbocycles. The molecule has 5 atom stereocenters. The van der Waals surface area contributed by atoms with Crippen LogP contribution in [-0.4, -0.2) is 48.0 Å². The average molecular weight is 531 g/mol. The van der Waals surface area contributed by atoms with Crippen LogP contribution in [-0.2, 0) is 6.42 Å². The van der Waals surface area contributed by atoms with Crippen LogP contribution in [0.5, 0.6) is 40.2 Å². The molecule has 7 N–H and O–H groups in total. The fraction of sp³-hybridized carbons (Fsp3) is 0.200. The van der Waals surface area contributed by atoms with Crippen LogP contribution in [0.25, 0.3) is 0 Å². The van der Waals surface area contributed by atoms with Crippen LogP contribution in [0.2, 0.25) is 0 Å². The lowest BCUT2D eigenvalue weighted by Gasteiger charge is -2.38. The summed E-state index contributed by atoms with van der Waals surface area (Å²) in [4.78, 5) is 0. The zero-order valence-corrected chi connectivity index (χ0v) is 20.5. The summed E-state index contributed by atoms with van der Waals surface area (Å²) in [6.45, 7) is 0. The molecule has 9 heteroatoms. The van der Waals surface area contributed by atoms with Crippen molar-refractivity contribution in [2.75, 3.05) is 0 Å². The smallest absolute Gasteiger partial charge is 0.157 e. The van der Waals surface area contributed by atoms with E-state index in [1.165, 1.54) is 48.5 Å². The third kappa shape index (κ3) is 4.31. The fourth-order valence-corrected chi connectivity index (χ4v) is 5.43. The number of phenolic OH excluding ortho intramolecular Hbond substituents is 5. The van der Waals surface area contributed by atoms with Gasteiger partial charge in [-0.1, -0.05) is 24.3 Å². The molecular formula is C30H26O9. The highest BCUT2D eigenvalue weighted by atomic mass is 16.5. The maximum absolute atomic E-state index is 11.6. The molecule has 200 valence electrons. The molecule has 0 unspecified atom stereocenters. The number of fused-ring (bicyclic) bond motifs is 2. The molecule has 4 aromatic carbocycles. The second-order valence-corrected chi connectivity index (χ2v) is 9.90. The van der Waals surface area contributed by atoms with E-state index in [0.29, 0.717) is 39.3 Å². The maximum Gasteiger partial charge on any atom is 0.157 e. The van der Waals surface area contributed by atoms with E-state index in [1.54, 1.807) is 24.3 Å². The van der Waals surface area contributed by atoms with Gasteiger partial charge in [0.15, 0.2) is 17.6 Å². The third-order valence-corrected chi connectivity index (χ3v) is 7.36. The Morgan fingerprint density at radius 3 is 2.00 bits per heavy atom. The van der Waals surface area contributed by atoms with Crippen molar-refractivity contribution >= 4 is 0 Å². The van der Waals surface area contributed by atoms with Crippen molar-refractivity contribution in [1.82, 2.24) is 0 Å². The van der Waals surface area contributed by atoms with E-state index in [0.717, 1.165) is 0 Å². The number of benzene rings is 4. The number of aromatic hydroxyl groups is 5. The van der Waals surface area contributed by atoms with Gasteiger partial charge >= 0.3 is 0 Å². The van der Waals surface area contributed by atoms with Crippen LogP contribution in [0.4, 0.5) is 0 Å². The van der Waals surface area contributed by atoms with Crippen LogP contribution in [0.15, 0.2) is 72.8 Å². The lowest BCUT2D eigenvalue weighted by Crippen LogP contribution is -2.35. The SMILES string of the molecule is Oc1ccc([C@H]2Oc3cc(O)ccc3[C@H](c3cc4c(cc3O)O[C@H](c3ccc(O)c(O)c3)[C@@H](O)C4)[C@@H]2O)cc1. The van der Waals surface area contributed by atoms with E-state index in [9.17, 15) is 35.7 Å². The Morgan fingerprint density at radius 1 is 0.564 bits per heavy atom. The summed E-state index contributed by atoms with van der Waals surface area (Å²) < 4.78 is 12.1. The highest BCUT2D eigenvalue weighted by Gasteiger charge is 2.41. The van der Waals surface area contributed by atoms with Crippen molar-refractivity contribution in [2.45, 2.75) is 36.8 Å². The topological polar surface area (TPSA) is 160 Å². The van der Waals surface area contributed by atoms with Crippen LogP contribution in [0.1, 0.15) is 45.9 Å². The van der Waals surface area contributed by atoms with E-state index in [4.69, 9.17) is 9.47 Å². The molecule has 0 spiro atoms. The van der Waals surface area contributed by atoms with E-state index >= 15 is 0 Å². The van der Waals surface area contributed by atoms with Gasteiger partial charge in [0.05, 0.1) is 6.10 Å². The summed E-state index contributed by atoms with van der Waals surface area (Å²) in [5.41, 5.74) is 2.60. The lowest BCUT2D eigenvalue weighted by molar-refractivity contribution is 0.00739. The molecular weight excluding hydrogens is 504 g/mol. The predicted octanol–water partition coefficient (Wildman–Crippen LogP) is 3.88. The number of aliphatic hydroxyl groups is 2. The normalized spacial score (nSPS) is 23.7. The summed E-state index contributed by atoms with van der Waals surface area (Å²) in [7, 11) is 0. The van der Waals surface area contributed by atoms with Gasteiger partial charge in [-0.05, 0) is 53.1 Å². The summed E-state index contributed by atoms with van der Waals surface area (Å²) >= 11 is 0. The molecule has 0 amide bonds. The van der Waals surface area contributed by atoms with Crippen molar-refractivity contribution in [3.63, 3.8) is 0 Å². The number of hydrogen-bond donors (Lipinski definition) is 7. The van der Waals surface area contributed by atoms with Gasteiger partial charge in [0.25, 0.3) is 0 Å². The molecule has 0 bridgehead atoms. The van der Waals surface area contributed by atoms with Gasteiger partial charge in [0.2, 0.25) is 0 Å². The summed E-state index contributed by atoms with van der Waals surface area (Å²) in [6, 6.07) is 18.1. The number of phenols is 5. The quantitative estimate of drug-likeness (QED) is 0.195. The summed E-state index contributed by atoms with van der Waals surface area (Å²) in [5, 5.41) is 72.9. The van der Waals surface area contributed by atoms with Gasteiger partial charge in [-0.3, -0.25) is 0 Å². The first-order valence-electron chi connectivity index (χ1n) is 12.4. The molecule has 0 radical (unpaired) electrons. The van der Waals surface area contributed by atoms with Crippen molar-refractivity contribution in [1.29, 1.82) is 0 Å². The largest absolute Gasteiger partial charge is 0.508 e. The summed E-state index contributed by atoms with van der Waals surface area (Å²) in [6.07, 6.45) is -3.69. The first-order valence-corrected chi connectivity index (χ1v) is 12.4. The van der Waals surface area contributed by atoms with Crippen LogP contribution in [0.3, 0.4) is 0 Å². The molecule has 2 heterocycles. The Hall–Kier alpha value is -4.60. The Labute approximate surface area is 223 Å². The molecule has 4 aromatic rings. The van der Waals surface area contributed by atoms with Gasteiger partial charge in [0.1, 0.15) is 41.0 Å². The second-order valence-electron chi connectivity index (χ2n) is 9.90. The Bertz CT molecular complexity index is 1550. The first kappa shape index (κ1) is 24.7. The second kappa shape index (κ2) is 9.30. The van der Waals surface area contributed by atoms with Crippen LogP contribution >= 0.6 is 0 Å². The van der Waals surface area contributed by atoms with E-state index in [-0.39, 0.29) is 35.2 Å². The minimum absolute atomic E-state index is 0.0224. The third-order valence-electron chi connectivity index (χ3n) is 7.36. The van der Waals surface area contributed by atoms with Crippen molar-refractivity contribution in [2.24, 2.45) is 0 Å². The molecule has 6 rings (SSSR count). The maximum atomic E-state index is 11.6. The number of hydrogen-bond acceptors (Lipinski definition) is 9. The Balaban J connectivity index is 1.40. The molecule has 0 fully saturated rings. The zero-order valence-electron chi connectivity index (χ0n) is 20.5. The van der Waals surface area contributed by atoms with E-state index in [2.05, 4.69) is 0 Å². The zero-order chi connectivity index (χ0) is 27.4. The highest BCUT2D eigenvalue weighted by Crippen LogP contribution is 2.50. The van der Waals surface area contributed by atoms with Crippen molar-refractivity contribution < 1.29 is 45.2 Å². The van der Waals surface area contributed by atoms with Gasteiger partial charge < -0.3 is 45.2 Å². The van der Waals surface area contributed by atoms with Crippen molar-refractivity contribution in [3.05, 3.63) is 101 Å². The van der Waals surface area contributed by atoms with Gasteiger partial charge in [-0.25, -0.2) is 0 Å². The predicted molar refractivity (Wildman–Crippen MR) is 138 cm³/mol. The minimum atomic E-state index is -1.15. The molecule has 2 aliphatic rings. The molecule has 0 aliphatic carbocycles. The van der Waals surface area contributed by atoms with E-state index < -0.39 is 30.3 Å². The standard InChI is InChI=1S/C30H26O9/c31-17-4-1-14(2-5-17)30-28(37)27(19-7-6-18(32)12-26(19)39-30)20-9-16-11-24(36)29(38-25(16)13-22(20)34)15-3-8-21(33)23(35)10-15/h1-10,12-13,24,27-37H,11H2/t24-,27+,28-,29+,30+/m0/s1. The molecule has 9 nitrogen and oxygen atoms in total. The fourth-order valence-electron chi connectivity index (χ4n) is 5.43. The van der Waals surface area contributed by atoms with Gasteiger partial charge in [-0.15, -0.1) is 0 Å². The van der Waals surface area contributed by atoms with Gasteiger partial charge in [-0.2, -0.15) is 0 Å². The minimum Gasteiger partial charge on any atom is -0.508 e. The average Bonchev–Trinajstić information content (AvgIpc) is 2.90. The Morgan fingerprint density at radius 2 is 1.26 bits per heavy atom. The molecule has 0 aromatic heterocycles. The molecule has 2 aliphatic heterocycles. The van der Waals surface area contributed by atoms with Gasteiger partial charge in [0, 0.05) is 35.6 Å².